The molecule has 1 amide bonds. The molecular formula is C18H17N3O5. The molecule has 134 valence electrons. The molecule has 0 fully saturated rings. The topological polar surface area (TPSA) is 103 Å². The molecule has 2 heterocycles. The Kier molecular flexibility index (Phi) is 4.83. The maximum atomic E-state index is 12.2. The third-order valence-electron chi connectivity index (χ3n) is 3.89. The van der Waals surface area contributed by atoms with Gasteiger partial charge in [-0.05, 0) is 25.1 Å². The second-order valence-corrected chi connectivity index (χ2v) is 5.63. The molecule has 0 radical (unpaired) electrons. The smallest absolute Gasteiger partial charge is 0.341 e. The number of benzene rings is 1. The number of methoxy groups -OCH3 is 1. The molecule has 3 rings (SSSR count). The highest BCUT2D eigenvalue weighted by Gasteiger charge is 2.16. The molecule has 0 bridgehead atoms. The number of hydrogen-bond acceptors (Lipinski definition) is 6. The summed E-state index contributed by atoms with van der Waals surface area (Å²) in [6, 6.07) is 8.49. The molecule has 0 aliphatic heterocycles. The van der Waals surface area contributed by atoms with Gasteiger partial charge in [0.2, 0.25) is 11.3 Å². The van der Waals surface area contributed by atoms with E-state index < -0.39 is 5.97 Å². The molecule has 0 spiro atoms. The minimum absolute atomic E-state index is 0.0512. The Balaban J connectivity index is 1.70. The van der Waals surface area contributed by atoms with Crippen molar-refractivity contribution in [2.24, 2.45) is 0 Å². The first-order valence-corrected chi connectivity index (χ1v) is 7.89. The first-order valence-electron chi connectivity index (χ1n) is 7.89. The quantitative estimate of drug-likeness (QED) is 0.694. The van der Waals surface area contributed by atoms with Gasteiger partial charge < -0.3 is 14.5 Å². The normalized spacial score (nSPS) is 10.7. The molecular weight excluding hydrogens is 338 g/mol. The maximum Gasteiger partial charge on any atom is 0.341 e. The predicted octanol–water partition coefficient (Wildman–Crippen LogP) is 1.40. The van der Waals surface area contributed by atoms with E-state index in [1.54, 1.807) is 31.2 Å². The van der Waals surface area contributed by atoms with Crippen LogP contribution >= 0.6 is 0 Å². The molecule has 2 aromatic heterocycles. The number of fused-ring (bicyclic) bond motifs is 1. The summed E-state index contributed by atoms with van der Waals surface area (Å²) in [5, 5.41) is 7.21. The van der Waals surface area contributed by atoms with Crippen LogP contribution < -0.4 is 10.7 Å². The van der Waals surface area contributed by atoms with Gasteiger partial charge in [0.05, 0.1) is 25.4 Å². The zero-order chi connectivity index (χ0) is 18.7. The standard InChI is InChI=1S/C18H17N3O5/c1-11-14(18(24)25-2)7-12(26-11)8-19-17(23)10-21-15-6-4-3-5-13(15)16(22)9-20-21/h3-7,9H,8,10H2,1-2H3,(H,19,23). The van der Waals surface area contributed by atoms with Crippen LogP contribution in [0.5, 0.6) is 0 Å². The molecule has 1 aromatic carbocycles. The third kappa shape index (κ3) is 3.49. The van der Waals surface area contributed by atoms with Crippen LogP contribution in [0.4, 0.5) is 0 Å². The van der Waals surface area contributed by atoms with Gasteiger partial charge in [-0.25, -0.2) is 4.79 Å². The third-order valence-corrected chi connectivity index (χ3v) is 3.89. The molecule has 3 aromatic rings. The number of nitrogens with one attached hydrogen (secondary N) is 1. The minimum Gasteiger partial charge on any atom is -0.465 e. The summed E-state index contributed by atoms with van der Waals surface area (Å²) < 4.78 is 11.6. The number of amides is 1. The van der Waals surface area contributed by atoms with E-state index in [0.29, 0.717) is 28.0 Å². The second kappa shape index (κ2) is 7.22. The van der Waals surface area contributed by atoms with Crippen molar-refractivity contribution in [3.05, 3.63) is 63.8 Å². The van der Waals surface area contributed by atoms with Crippen LogP contribution in [0.1, 0.15) is 21.9 Å². The molecule has 26 heavy (non-hydrogen) atoms. The van der Waals surface area contributed by atoms with Gasteiger partial charge in [0.1, 0.15) is 23.6 Å². The highest BCUT2D eigenvalue weighted by Crippen LogP contribution is 2.15. The van der Waals surface area contributed by atoms with Crippen LogP contribution in [0.15, 0.2) is 45.7 Å². The van der Waals surface area contributed by atoms with Crippen LogP contribution in [0, 0.1) is 6.92 Å². The molecule has 0 atom stereocenters. The lowest BCUT2D eigenvalue weighted by Gasteiger charge is -2.09. The van der Waals surface area contributed by atoms with Crippen molar-refractivity contribution in [1.29, 1.82) is 0 Å². The van der Waals surface area contributed by atoms with Crippen LogP contribution in [0.2, 0.25) is 0 Å². The number of ether oxygens (including phenoxy) is 1. The largest absolute Gasteiger partial charge is 0.465 e. The van der Waals surface area contributed by atoms with Crippen LogP contribution in [-0.4, -0.2) is 28.8 Å². The number of hydrogen-bond donors (Lipinski definition) is 1. The SMILES string of the molecule is COC(=O)c1cc(CNC(=O)Cn2ncc(=O)c3ccccc32)oc1C. The summed E-state index contributed by atoms with van der Waals surface area (Å²) in [5.41, 5.74) is 0.709. The van der Waals surface area contributed by atoms with E-state index in [0.717, 1.165) is 0 Å². The van der Waals surface area contributed by atoms with E-state index in [4.69, 9.17) is 4.42 Å². The highest BCUT2D eigenvalue weighted by molar-refractivity contribution is 5.90. The first-order chi connectivity index (χ1) is 12.5. The van der Waals surface area contributed by atoms with E-state index in [9.17, 15) is 14.4 Å². The van der Waals surface area contributed by atoms with E-state index in [2.05, 4.69) is 15.2 Å². The summed E-state index contributed by atoms with van der Waals surface area (Å²) >= 11 is 0. The number of nitrogens with zero attached hydrogens (tertiary/aromatic N) is 2. The summed E-state index contributed by atoms with van der Waals surface area (Å²) in [6.07, 6.45) is 1.19. The molecule has 0 saturated heterocycles. The fraction of sp³-hybridized carbons (Fsp3) is 0.222. The monoisotopic (exact) mass is 355 g/mol. The first kappa shape index (κ1) is 17.4. The van der Waals surface area contributed by atoms with Crippen molar-refractivity contribution in [3.8, 4) is 0 Å². The molecule has 0 saturated carbocycles. The predicted molar refractivity (Wildman–Crippen MR) is 92.6 cm³/mol. The van der Waals surface area contributed by atoms with Gasteiger partial charge in [0, 0.05) is 5.39 Å². The minimum atomic E-state index is -0.493. The Morgan fingerprint density at radius 3 is 2.85 bits per heavy atom. The second-order valence-electron chi connectivity index (χ2n) is 5.63. The molecule has 0 aliphatic rings. The van der Waals surface area contributed by atoms with Gasteiger partial charge in [0.25, 0.3) is 0 Å². The number of carbonyl (C=O) groups is 2. The van der Waals surface area contributed by atoms with Crippen molar-refractivity contribution in [1.82, 2.24) is 15.1 Å². The average molecular weight is 355 g/mol. The van der Waals surface area contributed by atoms with Crippen LogP contribution in [0.25, 0.3) is 10.9 Å². The van der Waals surface area contributed by atoms with Crippen molar-refractivity contribution < 1.29 is 18.7 Å². The summed E-state index contributed by atoms with van der Waals surface area (Å²) in [6.45, 7) is 1.72. The fourth-order valence-corrected chi connectivity index (χ4v) is 2.61. The number of esters is 1. The number of carbonyl (C=O) groups excluding carboxylic acids is 2. The molecule has 8 heteroatoms. The van der Waals surface area contributed by atoms with E-state index in [1.165, 1.54) is 24.1 Å². The molecule has 1 N–H and O–H groups in total. The van der Waals surface area contributed by atoms with Crippen molar-refractivity contribution in [2.75, 3.05) is 7.11 Å². The number of furan rings is 1. The highest BCUT2D eigenvalue weighted by atomic mass is 16.5. The van der Waals surface area contributed by atoms with Crippen molar-refractivity contribution >= 4 is 22.8 Å². The van der Waals surface area contributed by atoms with Gasteiger partial charge in [-0.1, -0.05) is 12.1 Å². The fourth-order valence-electron chi connectivity index (χ4n) is 2.61. The lowest BCUT2D eigenvalue weighted by molar-refractivity contribution is -0.122. The van der Waals surface area contributed by atoms with E-state index >= 15 is 0 Å². The van der Waals surface area contributed by atoms with Gasteiger partial charge in [-0.15, -0.1) is 0 Å². The zero-order valence-corrected chi connectivity index (χ0v) is 14.3. The number of aromatic nitrogens is 2. The number of aryl methyl sites for hydroxylation is 1. The van der Waals surface area contributed by atoms with Gasteiger partial charge >= 0.3 is 5.97 Å². The van der Waals surface area contributed by atoms with E-state index in [1.807, 2.05) is 0 Å². The van der Waals surface area contributed by atoms with Crippen molar-refractivity contribution in [3.63, 3.8) is 0 Å². The lowest BCUT2D eigenvalue weighted by atomic mass is 10.2. The average Bonchev–Trinajstić information content (AvgIpc) is 3.03. The van der Waals surface area contributed by atoms with E-state index in [-0.39, 0.29) is 24.4 Å². The van der Waals surface area contributed by atoms with Crippen LogP contribution in [-0.2, 0) is 22.6 Å². The maximum absolute atomic E-state index is 12.2. The van der Waals surface area contributed by atoms with Gasteiger partial charge in [0.15, 0.2) is 0 Å². The molecule has 0 aliphatic carbocycles. The lowest BCUT2D eigenvalue weighted by Crippen LogP contribution is -2.28. The zero-order valence-electron chi connectivity index (χ0n) is 14.3. The van der Waals surface area contributed by atoms with Gasteiger partial charge in [-0.2, -0.15) is 5.10 Å². The Hall–Kier alpha value is -3.42. The Morgan fingerprint density at radius 1 is 1.31 bits per heavy atom. The summed E-state index contributed by atoms with van der Waals surface area (Å²) in [5.74, 6) is 0.0656. The Morgan fingerprint density at radius 2 is 2.08 bits per heavy atom. The summed E-state index contributed by atoms with van der Waals surface area (Å²) in [4.78, 5) is 35.6. The van der Waals surface area contributed by atoms with Gasteiger partial charge in [-0.3, -0.25) is 14.3 Å². The number of rotatable bonds is 5. The molecule has 0 unspecified atom stereocenters. The molecule has 8 nitrogen and oxygen atoms in total. The Bertz CT molecular complexity index is 1030. The van der Waals surface area contributed by atoms with Crippen molar-refractivity contribution in [2.45, 2.75) is 20.0 Å². The summed E-state index contributed by atoms with van der Waals surface area (Å²) in [7, 11) is 1.29. The Labute approximate surface area is 148 Å². The number of para-hydroxylation sites is 1. The van der Waals surface area contributed by atoms with Crippen LogP contribution in [0.3, 0.4) is 0 Å².